The number of nitrogens with one attached hydrogen (secondary N) is 1. The average Bonchev–Trinajstić information content (AvgIpc) is 2.40. The zero-order valence-electron chi connectivity index (χ0n) is 10.5. The summed E-state index contributed by atoms with van der Waals surface area (Å²) in [5.41, 5.74) is 2.74. The maximum absolute atomic E-state index is 9.16. The summed E-state index contributed by atoms with van der Waals surface area (Å²) in [5, 5.41) is 12.6. The zero-order valence-corrected chi connectivity index (χ0v) is 10.5. The van der Waals surface area contributed by atoms with Crippen LogP contribution in [0.15, 0.2) is 24.3 Å². The van der Waals surface area contributed by atoms with Gasteiger partial charge in [-0.2, -0.15) is 0 Å². The first-order chi connectivity index (χ1) is 8.36. The number of benzene rings is 1. The molecule has 0 spiro atoms. The number of anilines is 1. The Balaban J connectivity index is 2.22. The van der Waals surface area contributed by atoms with Crippen LogP contribution >= 0.6 is 0 Å². The molecule has 1 heterocycles. The monoisotopic (exact) mass is 234 g/mol. The molecule has 1 atom stereocenters. The topological polar surface area (TPSA) is 35.5 Å². The Hall–Kier alpha value is -1.06. The van der Waals surface area contributed by atoms with E-state index in [1.165, 1.54) is 11.3 Å². The van der Waals surface area contributed by atoms with E-state index >= 15 is 0 Å². The molecule has 1 aromatic rings. The Kier molecular flexibility index (Phi) is 4.40. The minimum atomic E-state index is 0.261. The van der Waals surface area contributed by atoms with Gasteiger partial charge in [0.15, 0.2) is 0 Å². The quantitative estimate of drug-likeness (QED) is 0.827. The summed E-state index contributed by atoms with van der Waals surface area (Å²) in [7, 11) is 0. The van der Waals surface area contributed by atoms with Gasteiger partial charge in [0.1, 0.15) is 0 Å². The van der Waals surface area contributed by atoms with Crippen LogP contribution in [0.1, 0.15) is 18.9 Å². The Morgan fingerprint density at radius 3 is 3.00 bits per heavy atom. The predicted octanol–water partition coefficient (Wildman–Crippen LogP) is 1.41. The first kappa shape index (κ1) is 12.4. The van der Waals surface area contributed by atoms with Crippen molar-refractivity contribution in [3.63, 3.8) is 0 Å². The number of aliphatic hydroxyl groups excluding tert-OH is 1. The summed E-state index contributed by atoms with van der Waals surface area (Å²) in [6.07, 6.45) is 1.90. The summed E-state index contributed by atoms with van der Waals surface area (Å²) in [6.45, 7) is 5.49. The van der Waals surface area contributed by atoms with Crippen LogP contribution in [0, 0.1) is 0 Å². The van der Waals surface area contributed by atoms with Crippen LogP contribution in [-0.2, 0) is 6.42 Å². The largest absolute Gasteiger partial charge is 0.396 e. The number of nitrogens with zero attached hydrogens (tertiary/aromatic N) is 1. The van der Waals surface area contributed by atoms with Crippen molar-refractivity contribution in [3.8, 4) is 0 Å². The van der Waals surface area contributed by atoms with Crippen LogP contribution in [0.3, 0.4) is 0 Å². The highest BCUT2D eigenvalue weighted by Crippen LogP contribution is 2.24. The molecule has 3 heteroatoms. The molecule has 0 bridgehead atoms. The molecule has 0 aromatic heterocycles. The third kappa shape index (κ3) is 2.79. The zero-order chi connectivity index (χ0) is 12.1. The first-order valence-electron chi connectivity index (χ1n) is 6.53. The molecule has 2 N–H and O–H groups in total. The molecule has 0 radical (unpaired) electrons. The fraction of sp³-hybridized carbons (Fsp3) is 0.571. The van der Waals surface area contributed by atoms with Gasteiger partial charge in [-0.25, -0.2) is 0 Å². The lowest BCUT2D eigenvalue weighted by Crippen LogP contribution is -2.52. The molecule has 17 heavy (non-hydrogen) atoms. The Morgan fingerprint density at radius 1 is 1.41 bits per heavy atom. The van der Waals surface area contributed by atoms with Crippen LogP contribution in [0.2, 0.25) is 0 Å². The molecule has 3 nitrogen and oxygen atoms in total. The van der Waals surface area contributed by atoms with Crippen LogP contribution in [0.4, 0.5) is 5.69 Å². The highest BCUT2D eigenvalue weighted by molar-refractivity contribution is 5.55. The van der Waals surface area contributed by atoms with Crippen LogP contribution < -0.4 is 10.2 Å². The van der Waals surface area contributed by atoms with Gasteiger partial charge in [0.25, 0.3) is 0 Å². The molecule has 1 fully saturated rings. The maximum atomic E-state index is 9.16. The SMILES string of the molecule is CCc1ccccc1N1CCNCC1CCO. The summed E-state index contributed by atoms with van der Waals surface area (Å²) in [5.74, 6) is 0. The van der Waals surface area contributed by atoms with Gasteiger partial charge >= 0.3 is 0 Å². The normalized spacial score (nSPS) is 20.6. The van der Waals surface area contributed by atoms with Crippen molar-refractivity contribution in [1.29, 1.82) is 0 Å². The van der Waals surface area contributed by atoms with E-state index in [1.54, 1.807) is 0 Å². The van der Waals surface area contributed by atoms with Crippen molar-refractivity contribution in [2.24, 2.45) is 0 Å². The van der Waals surface area contributed by atoms with Gasteiger partial charge in [0.05, 0.1) is 0 Å². The van der Waals surface area contributed by atoms with E-state index in [1.807, 2.05) is 0 Å². The molecule has 2 rings (SSSR count). The minimum absolute atomic E-state index is 0.261. The third-order valence-corrected chi connectivity index (χ3v) is 3.49. The lowest BCUT2D eigenvalue weighted by atomic mass is 10.0. The summed E-state index contributed by atoms with van der Waals surface area (Å²) >= 11 is 0. The van der Waals surface area contributed by atoms with Crippen molar-refractivity contribution in [2.45, 2.75) is 25.8 Å². The molecular formula is C14H22N2O. The number of piperazine rings is 1. The van der Waals surface area contributed by atoms with Gasteiger partial charge in [-0.3, -0.25) is 0 Å². The summed E-state index contributed by atoms with van der Waals surface area (Å²) in [4.78, 5) is 2.45. The molecule has 0 amide bonds. The molecule has 94 valence electrons. The van der Waals surface area contributed by atoms with Crippen molar-refractivity contribution in [3.05, 3.63) is 29.8 Å². The van der Waals surface area contributed by atoms with Gasteiger partial charge in [0, 0.05) is 38.0 Å². The minimum Gasteiger partial charge on any atom is -0.396 e. The Morgan fingerprint density at radius 2 is 2.24 bits per heavy atom. The molecule has 1 aliphatic rings. The molecule has 1 aliphatic heterocycles. The van der Waals surface area contributed by atoms with Gasteiger partial charge in [-0.15, -0.1) is 0 Å². The van der Waals surface area contributed by atoms with Gasteiger partial charge < -0.3 is 15.3 Å². The van der Waals surface area contributed by atoms with Crippen LogP contribution in [-0.4, -0.2) is 37.4 Å². The van der Waals surface area contributed by atoms with Crippen molar-refractivity contribution >= 4 is 5.69 Å². The lowest BCUT2D eigenvalue weighted by molar-refractivity contribution is 0.266. The van der Waals surface area contributed by atoms with E-state index in [0.29, 0.717) is 6.04 Å². The fourth-order valence-corrected chi connectivity index (χ4v) is 2.58. The van der Waals surface area contributed by atoms with E-state index < -0.39 is 0 Å². The summed E-state index contributed by atoms with van der Waals surface area (Å²) in [6, 6.07) is 9.03. The van der Waals surface area contributed by atoms with E-state index in [2.05, 4.69) is 41.4 Å². The lowest BCUT2D eigenvalue weighted by Gasteiger charge is -2.39. The van der Waals surface area contributed by atoms with Crippen molar-refractivity contribution < 1.29 is 5.11 Å². The van der Waals surface area contributed by atoms with Crippen LogP contribution in [0.25, 0.3) is 0 Å². The molecule has 0 saturated carbocycles. The highest BCUT2D eigenvalue weighted by atomic mass is 16.3. The Labute approximate surface area is 103 Å². The van der Waals surface area contributed by atoms with Gasteiger partial charge in [0.2, 0.25) is 0 Å². The average molecular weight is 234 g/mol. The second-order valence-electron chi connectivity index (χ2n) is 4.55. The van der Waals surface area contributed by atoms with Gasteiger partial charge in [-0.1, -0.05) is 25.1 Å². The Bertz CT molecular complexity index is 352. The highest BCUT2D eigenvalue weighted by Gasteiger charge is 2.22. The number of rotatable bonds is 4. The second-order valence-corrected chi connectivity index (χ2v) is 4.55. The number of hydrogen-bond acceptors (Lipinski definition) is 3. The number of aryl methyl sites for hydroxylation is 1. The van der Waals surface area contributed by atoms with E-state index in [-0.39, 0.29) is 6.61 Å². The molecule has 1 unspecified atom stereocenters. The molecular weight excluding hydrogens is 212 g/mol. The molecule has 0 aliphatic carbocycles. The van der Waals surface area contributed by atoms with Crippen molar-refractivity contribution in [2.75, 3.05) is 31.1 Å². The van der Waals surface area contributed by atoms with E-state index in [4.69, 9.17) is 5.11 Å². The number of aliphatic hydroxyl groups is 1. The predicted molar refractivity (Wildman–Crippen MR) is 71.5 cm³/mol. The van der Waals surface area contributed by atoms with E-state index in [0.717, 1.165) is 32.5 Å². The summed E-state index contributed by atoms with van der Waals surface area (Å²) < 4.78 is 0. The van der Waals surface area contributed by atoms with E-state index in [9.17, 15) is 0 Å². The third-order valence-electron chi connectivity index (χ3n) is 3.49. The van der Waals surface area contributed by atoms with Crippen molar-refractivity contribution in [1.82, 2.24) is 5.32 Å². The fourth-order valence-electron chi connectivity index (χ4n) is 2.58. The molecule has 1 saturated heterocycles. The first-order valence-corrected chi connectivity index (χ1v) is 6.53. The molecule has 1 aromatic carbocycles. The van der Waals surface area contributed by atoms with Gasteiger partial charge in [-0.05, 0) is 24.5 Å². The second kappa shape index (κ2) is 6.03. The smallest absolute Gasteiger partial charge is 0.0451 e. The standard InChI is InChI=1S/C14H22N2O/c1-2-12-5-3-4-6-14(12)16-9-8-15-11-13(16)7-10-17/h3-6,13,15,17H,2,7-11H2,1H3. The maximum Gasteiger partial charge on any atom is 0.0451 e. The number of hydrogen-bond donors (Lipinski definition) is 2. The van der Waals surface area contributed by atoms with Crippen LogP contribution in [0.5, 0.6) is 0 Å². The number of para-hydroxylation sites is 1.